The van der Waals surface area contributed by atoms with Crippen LogP contribution in [0.25, 0.3) is 0 Å². The van der Waals surface area contributed by atoms with Crippen LogP contribution in [0.1, 0.15) is 30.9 Å². The van der Waals surface area contributed by atoms with E-state index in [9.17, 15) is 9.59 Å². The van der Waals surface area contributed by atoms with Crippen LogP contribution in [0.5, 0.6) is 0 Å². The van der Waals surface area contributed by atoms with Crippen molar-refractivity contribution in [2.24, 2.45) is 0 Å². The molecule has 0 heterocycles. The highest BCUT2D eigenvalue weighted by Crippen LogP contribution is 2.05. The first-order valence-corrected chi connectivity index (χ1v) is 6.08. The number of amides is 1. The van der Waals surface area contributed by atoms with Gasteiger partial charge < -0.3 is 10.4 Å². The maximum Gasteiger partial charge on any atom is 0.305 e. The van der Waals surface area contributed by atoms with Crippen LogP contribution in [0, 0.1) is 6.92 Å². The molecule has 4 heteroatoms. The molecule has 1 rings (SSSR count). The van der Waals surface area contributed by atoms with E-state index in [4.69, 9.17) is 5.11 Å². The lowest BCUT2D eigenvalue weighted by Crippen LogP contribution is -2.36. The van der Waals surface area contributed by atoms with Crippen LogP contribution < -0.4 is 5.32 Å². The molecule has 0 spiro atoms. The van der Waals surface area contributed by atoms with E-state index in [1.807, 2.05) is 38.1 Å². The van der Waals surface area contributed by atoms with E-state index in [0.717, 1.165) is 11.1 Å². The third-order valence-corrected chi connectivity index (χ3v) is 2.73. The first kappa shape index (κ1) is 14.2. The lowest BCUT2D eigenvalue weighted by Gasteiger charge is -2.14. The van der Waals surface area contributed by atoms with Crippen LogP contribution in [0.2, 0.25) is 0 Å². The van der Waals surface area contributed by atoms with Crippen molar-refractivity contribution in [1.29, 1.82) is 0 Å². The van der Waals surface area contributed by atoms with Gasteiger partial charge >= 0.3 is 5.97 Å². The van der Waals surface area contributed by atoms with Crippen LogP contribution in [-0.4, -0.2) is 23.0 Å². The fourth-order valence-corrected chi connectivity index (χ4v) is 1.79. The summed E-state index contributed by atoms with van der Waals surface area (Å²) in [7, 11) is 0. The molecule has 0 bridgehead atoms. The standard InChI is InChI=1S/C14H19NO3/c1-3-12(9-14(17)18)15-13(16)8-11-6-4-5-10(2)7-11/h4-7,12H,3,8-9H2,1-2H3,(H,15,16)(H,17,18). The van der Waals surface area contributed by atoms with Gasteiger partial charge in [-0.3, -0.25) is 9.59 Å². The highest BCUT2D eigenvalue weighted by Gasteiger charge is 2.14. The zero-order valence-corrected chi connectivity index (χ0v) is 10.8. The van der Waals surface area contributed by atoms with Gasteiger partial charge in [0.2, 0.25) is 5.91 Å². The van der Waals surface area contributed by atoms with Gasteiger partial charge in [-0.2, -0.15) is 0 Å². The molecule has 1 amide bonds. The summed E-state index contributed by atoms with van der Waals surface area (Å²) in [5, 5.41) is 11.4. The summed E-state index contributed by atoms with van der Waals surface area (Å²) in [4.78, 5) is 22.4. The largest absolute Gasteiger partial charge is 0.481 e. The topological polar surface area (TPSA) is 66.4 Å². The molecule has 1 aromatic rings. The van der Waals surface area contributed by atoms with Gasteiger partial charge in [0.15, 0.2) is 0 Å². The molecule has 98 valence electrons. The van der Waals surface area contributed by atoms with Crippen LogP contribution in [-0.2, 0) is 16.0 Å². The Morgan fingerprint density at radius 2 is 2.11 bits per heavy atom. The predicted molar refractivity (Wildman–Crippen MR) is 69.4 cm³/mol. The molecular formula is C14H19NO3. The zero-order valence-electron chi connectivity index (χ0n) is 10.8. The summed E-state index contributed by atoms with van der Waals surface area (Å²) >= 11 is 0. The second-order valence-corrected chi connectivity index (χ2v) is 4.44. The van der Waals surface area contributed by atoms with Gasteiger partial charge in [0.05, 0.1) is 12.8 Å². The van der Waals surface area contributed by atoms with Crippen molar-refractivity contribution in [2.75, 3.05) is 0 Å². The van der Waals surface area contributed by atoms with Gasteiger partial charge in [0.1, 0.15) is 0 Å². The number of aryl methyl sites for hydroxylation is 1. The molecule has 0 radical (unpaired) electrons. The minimum atomic E-state index is -0.891. The summed E-state index contributed by atoms with van der Waals surface area (Å²) in [6.07, 6.45) is 0.875. The Bertz CT molecular complexity index is 429. The van der Waals surface area contributed by atoms with Gasteiger partial charge in [0.25, 0.3) is 0 Å². The first-order valence-electron chi connectivity index (χ1n) is 6.08. The number of rotatable bonds is 6. The number of hydrogen-bond acceptors (Lipinski definition) is 2. The Kier molecular flexibility index (Phi) is 5.36. The number of benzene rings is 1. The molecule has 4 nitrogen and oxygen atoms in total. The summed E-state index contributed by atoms with van der Waals surface area (Å²) in [5.74, 6) is -1.02. The lowest BCUT2D eigenvalue weighted by atomic mass is 10.1. The summed E-state index contributed by atoms with van der Waals surface area (Å²) in [5.41, 5.74) is 2.05. The van der Waals surface area contributed by atoms with E-state index >= 15 is 0 Å². The third kappa shape index (κ3) is 4.99. The van der Waals surface area contributed by atoms with Crippen molar-refractivity contribution >= 4 is 11.9 Å². The average Bonchev–Trinajstić information content (AvgIpc) is 2.27. The number of carbonyl (C=O) groups excluding carboxylic acids is 1. The lowest BCUT2D eigenvalue weighted by molar-refractivity contribution is -0.137. The molecule has 0 fully saturated rings. The molecule has 0 saturated heterocycles. The fraction of sp³-hybridized carbons (Fsp3) is 0.429. The van der Waals surface area contributed by atoms with Crippen molar-refractivity contribution in [2.45, 2.75) is 39.2 Å². The van der Waals surface area contributed by atoms with Crippen molar-refractivity contribution in [1.82, 2.24) is 5.32 Å². The van der Waals surface area contributed by atoms with Crippen LogP contribution in [0.4, 0.5) is 0 Å². The van der Waals surface area contributed by atoms with Crippen LogP contribution >= 0.6 is 0 Å². The third-order valence-electron chi connectivity index (χ3n) is 2.73. The van der Waals surface area contributed by atoms with Crippen LogP contribution in [0.3, 0.4) is 0 Å². The number of carboxylic acid groups (broad SMARTS) is 1. The van der Waals surface area contributed by atoms with E-state index in [-0.39, 0.29) is 24.8 Å². The Hall–Kier alpha value is -1.84. The molecule has 0 saturated carbocycles. The van der Waals surface area contributed by atoms with Crippen LogP contribution in [0.15, 0.2) is 24.3 Å². The molecular weight excluding hydrogens is 230 g/mol. The SMILES string of the molecule is CCC(CC(=O)O)NC(=O)Cc1cccc(C)c1. The summed E-state index contributed by atoms with van der Waals surface area (Å²) in [6.45, 7) is 3.83. The quantitative estimate of drug-likeness (QED) is 0.809. The van der Waals surface area contributed by atoms with Crippen molar-refractivity contribution < 1.29 is 14.7 Å². The molecule has 0 aromatic heterocycles. The van der Waals surface area contributed by atoms with Crippen molar-refractivity contribution in [3.8, 4) is 0 Å². The monoisotopic (exact) mass is 249 g/mol. The highest BCUT2D eigenvalue weighted by atomic mass is 16.4. The maximum atomic E-state index is 11.8. The number of carboxylic acids is 1. The van der Waals surface area contributed by atoms with Gasteiger partial charge in [-0.25, -0.2) is 0 Å². The minimum Gasteiger partial charge on any atom is -0.481 e. The Balaban J connectivity index is 2.52. The number of nitrogens with one attached hydrogen (secondary N) is 1. The Morgan fingerprint density at radius 1 is 1.39 bits per heavy atom. The molecule has 0 aliphatic carbocycles. The van der Waals surface area contributed by atoms with Crippen molar-refractivity contribution in [3.05, 3.63) is 35.4 Å². The molecule has 18 heavy (non-hydrogen) atoms. The van der Waals surface area contributed by atoms with E-state index in [1.54, 1.807) is 0 Å². The number of aliphatic carboxylic acids is 1. The van der Waals surface area contributed by atoms with E-state index in [1.165, 1.54) is 0 Å². The second-order valence-electron chi connectivity index (χ2n) is 4.44. The zero-order chi connectivity index (χ0) is 13.5. The maximum absolute atomic E-state index is 11.8. The van der Waals surface area contributed by atoms with Gasteiger partial charge in [0, 0.05) is 6.04 Å². The fourth-order valence-electron chi connectivity index (χ4n) is 1.79. The highest BCUT2D eigenvalue weighted by molar-refractivity contribution is 5.79. The van der Waals surface area contributed by atoms with Gasteiger partial charge in [-0.15, -0.1) is 0 Å². The molecule has 2 N–H and O–H groups in total. The summed E-state index contributed by atoms with van der Waals surface area (Å²) < 4.78 is 0. The number of hydrogen-bond donors (Lipinski definition) is 2. The molecule has 1 atom stereocenters. The van der Waals surface area contributed by atoms with E-state index < -0.39 is 5.97 Å². The minimum absolute atomic E-state index is 0.0317. The van der Waals surface area contributed by atoms with E-state index in [2.05, 4.69) is 5.32 Å². The normalized spacial score (nSPS) is 11.9. The Labute approximate surface area is 107 Å². The molecule has 0 aliphatic heterocycles. The Morgan fingerprint density at radius 3 is 2.67 bits per heavy atom. The second kappa shape index (κ2) is 6.79. The van der Waals surface area contributed by atoms with E-state index in [0.29, 0.717) is 6.42 Å². The summed E-state index contributed by atoms with van der Waals surface area (Å²) in [6, 6.07) is 7.44. The predicted octanol–water partition coefficient (Wildman–Crippen LogP) is 1.91. The van der Waals surface area contributed by atoms with Crippen molar-refractivity contribution in [3.63, 3.8) is 0 Å². The molecule has 0 aliphatic rings. The smallest absolute Gasteiger partial charge is 0.305 e. The molecule has 1 aromatic carbocycles. The molecule has 1 unspecified atom stereocenters. The van der Waals surface area contributed by atoms with Gasteiger partial charge in [-0.05, 0) is 18.9 Å². The first-order chi connectivity index (χ1) is 8.51. The number of carbonyl (C=O) groups is 2. The van der Waals surface area contributed by atoms with Gasteiger partial charge in [-0.1, -0.05) is 36.8 Å². The average molecular weight is 249 g/mol.